The van der Waals surface area contributed by atoms with Crippen LogP contribution in [0.5, 0.6) is 0 Å². The first-order valence-electron chi connectivity index (χ1n) is 11.0. The zero-order chi connectivity index (χ0) is 22.6. The van der Waals surface area contributed by atoms with Crippen molar-refractivity contribution in [2.24, 2.45) is 0 Å². The summed E-state index contributed by atoms with van der Waals surface area (Å²) in [4.78, 5) is 13.1. The summed E-state index contributed by atoms with van der Waals surface area (Å²) in [5, 5.41) is 14.3. The smallest absolute Gasteiger partial charge is 0.295 e. The molecule has 1 N–H and O–H groups in total. The normalized spacial score (nSPS) is 11.1. The number of nitrogens with zero attached hydrogens (tertiary/aromatic N) is 5. The average molecular weight is 437 g/mol. The van der Waals surface area contributed by atoms with Gasteiger partial charge in [0.2, 0.25) is 0 Å². The molecule has 0 aliphatic heterocycles. The molecule has 3 aromatic carbocycles. The first-order chi connectivity index (χ1) is 16.2. The highest BCUT2D eigenvalue weighted by Gasteiger charge is 2.13. The number of aromatic amines is 1. The number of benzene rings is 3. The summed E-state index contributed by atoms with van der Waals surface area (Å²) >= 11 is 0. The van der Waals surface area contributed by atoms with Crippen LogP contribution >= 0.6 is 0 Å². The number of nitrogens with one attached hydrogen (secondary N) is 1. The Morgan fingerprint density at radius 2 is 1.52 bits per heavy atom. The van der Waals surface area contributed by atoms with Crippen molar-refractivity contribution in [3.05, 3.63) is 112 Å². The molecule has 2 heterocycles. The number of rotatable bonds is 7. The molecule has 7 heteroatoms. The van der Waals surface area contributed by atoms with E-state index in [0.29, 0.717) is 18.9 Å². The fraction of sp³-hybridized carbons (Fsp3) is 0.154. The lowest BCUT2D eigenvalue weighted by Gasteiger charge is -2.10. The Kier molecular flexibility index (Phi) is 5.68. The first kappa shape index (κ1) is 20.6. The third-order valence-electron chi connectivity index (χ3n) is 5.82. The molecule has 0 saturated carbocycles. The van der Waals surface area contributed by atoms with Gasteiger partial charge in [0, 0.05) is 17.5 Å². The number of aryl methyl sites for hydroxylation is 1. The number of H-pyrrole nitrogens is 1. The maximum Gasteiger partial charge on any atom is 0.328 e. The van der Waals surface area contributed by atoms with E-state index < -0.39 is 0 Å². The van der Waals surface area contributed by atoms with Crippen LogP contribution in [0.1, 0.15) is 23.7 Å². The molecule has 5 rings (SSSR count). The van der Waals surface area contributed by atoms with E-state index in [1.807, 2.05) is 59.3 Å². The molecule has 0 aliphatic rings. The van der Waals surface area contributed by atoms with E-state index in [1.165, 1.54) is 0 Å². The largest absolute Gasteiger partial charge is 0.328 e. The van der Waals surface area contributed by atoms with E-state index in [9.17, 15) is 4.79 Å². The monoisotopic (exact) mass is 436 g/mol. The first-order valence-corrected chi connectivity index (χ1v) is 11.0. The van der Waals surface area contributed by atoms with Crippen LogP contribution in [-0.4, -0.2) is 29.8 Å². The van der Waals surface area contributed by atoms with Gasteiger partial charge in [-0.05, 0) is 39.1 Å². The molecular weight excluding hydrogens is 412 g/mol. The lowest BCUT2D eigenvalue weighted by atomic mass is 9.98. The number of hydrogen-bond donors (Lipinski definition) is 1. The van der Waals surface area contributed by atoms with Gasteiger partial charge in [0.25, 0.3) is 0 Å². The van der Waals surface area contributed by atoms with Gasteiger partial charge in [-0.1, -0.05) is 85.8 Å². The lowest BCUT2D eigenvalue weighted by molar-refractivity contribution is 0.670. The number of hydrogen-bond acceptors (Lipinski definition) is 4. The second-order valence-electron chi connectivity index (χ2n) is 7.95. The zero-order valence-corrected chi connectivity index (χ0v) is 18.3. The van der Waals surface area contributed by atoms with Crippen molar-refractivity contribution in [1.29, 1.82) is 0 Å². The molecular formula is C26H24N6O. The summed E-state index contributed by atoms with van der Waals surface area (Å²) in [7, 11) is 0. The van der Waals surface area contributed by atoms with E-state index in [1.54, 1.807) is 4.57 Å². The van der Waals surface area contributed by atoms with E-state index in [2.05, 4.69) is 57.9 Å². The highest BCUT2D eigenvalue weighted by Crippen LogP contribution is 2.29. The Morgan fingerprint density at radius 3 is 2.21 bits per heavy atom. The van der Waals surface area contributed by atoms with Gasteiger partial charge in [-0.25, -0.2) is 9.89 Å². The van der Waals surface area contributed by atoms with Crippen LogP contribution < -0.4 is 5.69 Å². The molecule has 0 fully saturated rings. The Hall–Kier alpha value is -4.26. The Morgan fingerprint density at radius 1 is 0.818 bits per heavy atom. The minimum atomic E-state index is 0.0166. The van der Waals surface area contributed by atoms with E-state index in [4.69, 9.17) is 0 Å². The molecule has 0 aliphatic carbocycles. The molecule has 0 bridgehead atoms. The highest BCUT2D eigenvalue weighted by molar-refractivity contribution is 5.80. The molecule has 164 valence electrons. The molecule has 0 amide bonds. The van der Waals surface area contributed by atoms with Crippen LogP contribution in [-0.2, 0) is 19.5 Å². The van der Waals surface area contributed by atoms with Crippen LogP contribution in [0.3, 0.4) is 0 Å². The van der Waals surface area contributed by atoms with Gasteiger partial charge in [0.05, 0.1) is 13.1 Å². The second kappa shape index (κ2) is 9.08. The van der Waals surface area contributed by atoms with Crippen LogP contribution in [0.25, 0.3) is 22.5 Å². The molecule has 0 radical (unpaired) electrons. The van der Waals surface area contributed by atoms with Crippen molar-refractivity contribution in [1.82, 2.24) is 29.8 Å². The van der Waals surface area contributed by atoms with Crippen molar-refractivity contribution in [3.63, 3.8) is 0 Å². The van der Waals surface area contributed by atoms with Gasteiger partial charge in [-0.3, -0.25) is 9.13 Å². The third kappa shape index (κ3) is 4.25. The molecule has 0 atom stereocenters. The molecule has 0 saturated heterocycles. The maximum atomic E-state index is 13.1. The lowest BCUT2D eigenvalue weighted by Crippen LogP contribution is -2.25. The van der Waals surface area contributed by atoms with Crippen molar-refractivity contribution in [2.45, 2.75) is 26.4 Å². The molecule has 0 spiro atoms. The van der Waals surface area contributed by atoms with Gasteiger partial charge in [0.1, 0.15) is 0 Å². The molecule has 7 nitrogen and oxygen atoms in total. The Balaban J connectivity index is 1.41. The van der Waals surface area contributed by atoms with Crippen molar-refractivity contribution < 1.29 is 0 Å². The van der Waals surface area contributed by atoms with Gasteiger partial charge in [-0.2, -0.15) is 0 Å². The van der Waals surface area contributed by atoms with Crippen LogP contribution in [0, 0.1) is 0 Å². The molecule has 0 unspecified atom stereocenters. The van der Waals surface area contributed by atoms with Gasteiger partial charge < -0.3 is 0 Å². The van der Waals surface area contributed by atoms with Crippen LogP contribution in [0.4, 0.5) is 0 Å². The van der Waals surface area contributed by atoms with Crippen LogP contribution in [0.15, 0.2) is 89.9 Å². The Labute approximate surface area is 191 Å². The SMILES string of the molecule is CCc1cn(Cc2ccccc2)c(=O)n1Cc1ccc(-c2ccccc2-c2nnn[nH]2)cc1. The number of imidazole rings is 1. The highest BCUT2D eigenvalue weighted by atomic mass is 16.1. The van der Waals surface area contributed by atoms with Crippen molar-refractivity contribution in [2.75, 3.05) is 0 Å². The van der Waals surface area contributed by atoms with Gasteiger partial charge in [-0.15, -0.1) is 5.10 Å². The third-order valence-corrected chi connectivity index (χ3v) is 5.82. The second-order valence-corrected chi connectivity index (χ2v) is 7.95. The van der Waals surface area contributed by atoms with Crippen molar-refractivity contribution in [3.8, 4) is 22.5 Å². The summed E-state index contributed by atoms with van der Waals surface area (Å²) in [5.41, 5.74) is 6.29. The fourth-order valence-electron chi connectivity index (χ4n) is 4.11. The topological polar surface area (TPSA) is 81.4 Å². The quantitative estimate of drug-likeness (QED) is 0.415. The van der Waals surface area contributed by atoms with E-state index in [0.717, 1.165) is 39.9 Å². The Bertz CT molecular complexity index is 1400. The predicted molar refractivity (Wildman–Crippen MR) is 128 cm³/mol. The summed E-state index contributed by atoms with van der Waals surface area (Å²) in [6.07, 6.45) is 2.78. The molecule has 5 aromatic rings. The predicted octanol–water partition coefficient (Wildman–Crippen LogP) is 4.16. The number of aromatic nitrogens is 6. The molecule has 33 heavy (non-hydrogen) atoms. The number of tetrazole rings is 1. The van der Waals surface area contributed by atoms with E-state index >= 15 is 0 Å². The molecule has 2 aromatic heterocycles. The van der Waals surface area contributed by atoms with E-state index in [-0.39, 0.29) is 5.69 Å². The fourth-order valence-corrected chi connectivity index (χ4v) is 4.11. The van der Waals surface area contributed by atoms with Crippen molar-refractivity contribution >= 4 is 0 Å². The average Bonchev–Trinajstić information content (AvgIpc) is 3.50. The zero-order valence-electron chi connectivity index (χ0n) is 18.3. The standard InChI is InChI=1S/C26H24N6O/c1-2-22-18-31(16-19-8-4-3-5-9-19)26(33)32(22)17-20-12-14-21(15-13-20)23-10-6-7-11-24(23)25-27-29-30-28-25/h3-15,18H,2,16-17H2,1H3,(H,27,28,29,30). The van der Waals surface area contributed by atoms with Gasteiger partial charge in [0.15, 0.2) is 5.82 Å². The summed E-state index contributed by atoms with van der Waals surface area (Å²) in [6.45, 7) is 3.19. The summed E-state index contributed by atoms with van der Waals surface area (Å²) in [6, 6.07) is 26.4. The maximum absolute atomic E-state index is 13.1. The van der Waals surface area contributed by atoms with Gasteiger partial charge >= 0.3 is 5.69 Å². The van der Waals surface area contributed by atoms with Crippen LogP contribution in [0.2, 0.25) is 0 Å². The summed E-state index contributed by atoms with van der Waals surface area (Å²) in [5.74, 6) is 0.633. The minimum Gasteiger partial charge on any atom is -0.295 e. The minimum absolute atomic E-state index is 0.0166. The summed E-state index contributed by atoms with van der Waals surface area (Å²) < 4.78 is 3.66.